The Morgan fingerprint density at radius 2 is 1.89 bits per heavy atom. The molecule has 1 amide bonds. The SMILES string of the molecule is COC(=O)c1c(CC(=O)NC(C)c2ccc(F)c(F)c2)[nH]c(C(C)=O)c1C. The predicted octanol–water partition coefficient (Wildman–Crippen LogP) is 3.01. The van der Waals surface area contributed by atoms with Crippen molar-refractivity contribution in [3.8, 4) is 0 Å². The molecule has 0 aliphatic carbocycles. The smallest absolute Gasteiger partial charge is 0.339 e. The lowest BCUT2D eigenvalue weighted by molar-refractivity contribution is -0.121. The zero-order valence-electron chi connectivity index (χ0n) is 15.4. The number of carbonyl (C=O) groups is 3. The number of hydrogen-bond donors (Lipinski definition) is 2. The fourth-order valence-corrected chi connectivity index (χ4v) is 2.84. The summed E-state index contributed by atoms with van der Waals surface area (Å²) in [6.45, 7) is 4.55. The summed E-state index contributed by atoms with van der Waals surface area (Å²) in [5.74, 6) is -3.38. The number of methoxy groups -OCH3 is 1. The quantitative estimate of drug-likeness (QED) is 0.597. The number of halogens is 2. The van der Waals surface area contributed by atoms with Crippen molar-refractivity contribution in [2.45, 2.75) is 33.2 Å². The van der Waals surface area contributed by atoms with E-state index in [9.17, 15) is 23.2 Å². The van der Waals surface area contributed by atoms with Gasteiger partial charge >= 0.3 is 5.97 Å². The molecule has 2 rings (SSSR count). The minimum Gasteiger partial charge on any atom is -0.465 e. The molecule has 6 nitrogen and oxygen atoms in total. The second-order valence-corrected chi connectivity index (χ2v) is 6.17. The fourth-order valence-electron chi connectivity index (χ4n) is 2.84. The minimum absolute atomic E-state index is 0.137. The van der Waals surface area contributed by atoms with Gasteiger partial charge in [-0.3, -0.25) is 9.59 Å². The van der Waals surface area contributed by atoms with Gasteiger partial charge in [-0.05, 0) is 37.1 Å². The van der Waals surface area contributed by atoms with E-state index < -0.39 is 29.6 Å². The van der Waals surface area contributed by atoms with Gasteiger partial charge in [0.15, 0.2) is 17.4 Å². The third kappa shape index (κ3) is 4.39. The minimum atomic E-state index is -1.01. The topological polar surface area (TPSA) is 88.3 Å². The highest BCUT2D eigenvalue weighted by molar-refractivity contribution is 6.01. The molecule has 2 aromatic rings. The van der Waals surface area contributed by atoms with Gasteiger partial charge in [-0.15, -0.1) is 0 Å². The number of ketones is 1. The number of nitrogens with one attached hydrogen (secondary N) is 2. The maximum Gasteiger partial charge on any atom is 0.339 e. The molecule has 1 aromatic carbocycles. The standard InChI is InChI=1S/C19H20F2N2O4/c1-9-17(19(26)27-4)15(23-18(9)11(3)24)8-16(25)22-10(2)12-5-6-13(20)14(21)7-12/h5-7,10,23H,8H2,1-4H3,(H,22,25). The Labute approximate surface area is 154 Å². The van der Waals surface area contributed by atoms with Crippen molar-refractivity contribution in [2.75, 3.05) is 7.11 Å². The van der Waals surface area contributed by atoms with E-state index in [0.29, 0.717) is 11.1 Å². The van der Waals surface area contributed by atoms with Crippen molar-refractivity contribution in [3.05, 3.63) is 57.9 Å². The normalized spacial score (nSPS) is 11.8. The summed E-state index contributed by atoms with van der Waals surface area (Å²) in [6, 6.07) is 2.77. The Hall–Kier alpha value is -3.03. The lowest BCUT2D eigenvalue weighted by Gasteiger charge is -2.14. The van der Waals surface area contributed by atoms with E-state index in [1.54, 1.807) is 13.8 Å². The highest BCUT2D eigenvalue weighted by Gasteiger charge is 2.24. The maximum absolute atomic E-state index is 13.4. The van der Waals surface area contributed by atoms with Crippen LogP contribution in [-0.2, 0) is 16.0 Å². The number of Topliss-reactive ketones (excluding diaryl/α,β-unsaturated/α-hetero) is 1. The molecule has 1 unspecified atom stereocenters. The molecule has 2 N–H and O–H groups in total. The van der Waals surface area contributed by atoms with E-state index in [-0.39, 0.29) is 29.2 Å². The van der Waals surface area contributed by atoms with Crippen LogP contribution in [0.2, 0.25) is 0 Å². The molecule has 8 heteroatoms. The van der Waals surface area contributed by atoms with Gasteiger partial charge in [0, 0.05) is 12.6 Å². The first kappa shape index (κ1) is 20.3. The van der Waals surface area contributed by atoms with E-state index >= 15 is 0 Å². The molecule has 1 heterocycles. The number of rotatable bonds is 6. The summed E-state index contributed by atoms with van der Waals surface area (Å²) in [4.78, 5) is 38.9. The van der Waals surface area contributed by atoms with Crippen molar-refractivity contribution in [1.29, 1.82) is 0 Å². The molecule has 0 spiro atoms. The number of benzene rings is 1. The largest absolute Gasteiger partial charge is 0.465 e. The van der Waals surface area contributed by atoms with Gasteiger partial charge in [0.1, 0.15) is 0 Å². The van der Waals surface area contributed by atoms with E-state index in [1.807, 2.05) is 0 Å². The van der Waals surface area contributed by atoms with Crippen LogP contribution in [0.5, 0.6) is 0 Å². The van der Waals surface area contributed by atoms with Crippen LogP contribution in [0, 0.1) is 18.6 Å². The predicted molar refractivity (Wildman–Crippen MR) is 93.5 cm³/mol. The van der Waals surface area contributed by atoms with Gasteiger partial charge in [-0.1, -0.05) is 6.07 Å². The Kier molecular flexibility index (Phi) is 6.09. The lowest BCUT2D eigenvalue weighted by Crippen LogP contribution is -2.29. The first-order valence-electron chi connectivity index (χ1n) is 8.20. The third-order valence-electron chi connectivity index (χ3n) is 4.23. The first-order chi connectivity index (χ1) is 12.6. The van der Waals surface area contributed by atoms with Crippen LogP contribution >= 0.6 is 0 Å². The van der Waals surface area contributed by atoms with E-state index in [1.165, 1.54) is 20.1 Å². The summed E-state index contributed by atoms with van der Waals surface area (Å²) in [5.41, 5.74) is 1.41. The Morgan fingerprint density at radius 1 is 1.22 bits per heavy atom. The Balaban J connectivity index is 2.22. The molecule has 0 fully saturated rings. The number of aromatic nitrogens is 1. The van der Waals surface area contributed by atoms with Crippen molar-refractivity contribution in [3.63, 3.8) is 0 Å². The molecule has 0 bridgehead atoms. The second kappa shape index (κ2) is 8.11. The fraction of sp³-hybridized carbons (Fsp3) is 0.316. The van der Waals surface area contributed by atoms with Crippen LogP contribution in [0.3, 0.4) is 0 Å². The zero-order chi connectivity index (χ0) is 20.3. The summed E-state index contributed by atoms with van der Waals surface area (Å²) < 4.78 is 31.1. The number of carbonyl (C=O) groups excluding carboxylic acids is 3. The van der Waals surface area contributed by atoms with Crippen molar-refractivity contribution in [2.24, 2.45) is 0 Å². The van der Waals surface area contributed by atoms with Crippen molar-refractivity contribution in [1.82, 2.24) is 10.3 Å². The Morgan fingerprint density at radius 3 is 2.44 bits per heavy atom. The first-order valence-corrected chi connectivity index (χ1v) is 8.20. The van der Waals surface area contributed by atoms with Crippen LogP contribution in [-0.4, -0.2) is 29.8 Å². The van der Waals surface area contributed by atoms with Gasteiger partial charge in [0.25, 0.3) is 0 Å². The average Bonchev–Trinajstić information content (AvgIpc) is 2.92. The average molecular weight is 378 g/mol. The molecule has 27 heavy (non-hydrogen) atoms. The summed E-state index contributed by atoms with van der Waals surface area (Å²) in [7, 11) is 1.21. The molecule has 144 valence electrons. The second-order valence-electron chi connectivity index (χ2n) is 6.17. The number of H-pyrrole nitrogens is 1. The molecular weight excluding hydrogens is 358 g/mol. The zero-order valence-corrected chi connectivity index (χ0v) is 15.4. The van der Waals surface area contributed by atoms with Crippen LogP contribution in [0.1, 0.15) is 57.6 Å². The van der Waals surface area contributed by atoms with Crippen LogP contribution in [0.15, 0.2) is 18.2 Å². The number of aromatic amines is 1. The number of amides is 1. The van der Waals surface area contributed by atoms with Gasteiger partial charge < -0.3 is 15.0 Å². The molecular formula is C19H20F2N2O4. The summed E-state index contributed by atoms with van der Waals surface area (Å²) in [5, 5.41) is 2.65. The monoisotopic (exact) mass is 378 g/mol. The highest BCUT2D eigenvalue weighted by atomic mass is 19.2. The molecule has 0 radical (unpaired) electrons. The van der Waals surface area contributed by atoms with Gasteiger partial charge in [0.2, 0.25) is 5.91 Å². The summed E-state index contributed by atoms with van der Waals surface area (Å²) in [6.07, 6.45) is -0.216. The maximum atomic E-state index is 13.4. The van der Waals surface area contributed by atoms with Crippen LogP contribution in [0.4, 0.5) is 8.78 Å². The molecule has 0 aliphatic heterocycles. The molecule has 0 saturated carbocycles. The number of ether oxygens (including phenoxy) is 1. The van der Waals surface area contributed by atoms with Crippen molar-refractivity contribution >= 4 is 17.7 Å². The van der Waals surface area contributed by atoms with E-state index in [2.05, 4.69) is 10.3 Å². The van der Waals surface area contributed by atoms with Gasteiger partial charge in [-0.2, -0.15) is 0 Å². The molecule has 0 saturated heterocycles. The molecule has 1 atom stereocenters. The summed E-state index contributed by atoms with van der Waals surface area (Å²) >= 11 is 0. The molecule has 1 aromatic heterocycles. The number of esters is 1. The van der Waals surface area contributed by atoms with Crippen molar-refractivity contribution < 1.29 is 27.9 Å². The molecule has 0 aliphatic rings. The van der Waals surface area contributed by atoms with Crippen LogP contribution < -0.4 is 5.32 Å². The highest BCUT2D eigenvalue weighted by Crippen LogP contribution is 2.21. The van der Waals surface area contributed by atoms with Gasteiger partial charge in [0.05, 0.1) is 30.8 Å². The third-order valence-corrected chi connectivity index (χ3v) is 4.23. The Bertz CT molecular complexity index is 905. The van der Waals surface area contributed by atoms with Crippen LogP contribution in [0.25, 0.3) is 0 Å². The van der Waals surface area contributed by atoms with Gasteiger partial charge in [-0.25, -0.2) is 13.6 Å². The van der Waals surface area contributed by atoms with E-state index in [0.717, 1.165) is 12.1 Å². The van der Waals surface area contributed by atoms with E-state index in [4.69, 9.17) is 4.74 Å². The lowest BCUT2D eigenvalue weighted by atomic mass is 10.1. The number of hydrogen-bond acceptors (Lipinski definition) is 4.